The van der Waals surface area contributed by atoms with Crippen molar-refractivity contribution in [1.29, 1.82) is 0 Å². The number of nitrogens with one attached hydrogen (secondary N) is 2. The third-order valence-corrected chi connectivity index (χ3v) is 2.95. The number of ether oxygens (including phenoxy) is 3. The van der Waals surface area contributed by atoms with Crippen LogP contribution in [0.1, 0.15) is 18.9 Å². The van der Waals surface area contributed by atoms with Crippen LogP contribution in [0.2, 0.25) is 0 Å². The fourth-order valence-corrected chi connectivity index (χ4v) is 1.82. The van der Waals surface area contributed by atoms with Crippen LogP contribution in [0, 0.1) is 0 Å². The first-order valence-electron chi connectivity index (χ1n) is 6.95. The van der Waals surface area contributed by atoms with Gasteiger partial charge in [0.25, 0.3) is 0 Å². The highest BCUT2D eigenvalue weighted by Gasteiger charge is 2.14. The third-order valence-electron chi connectivity index (χ3n) is 2.95. The van der Waals surface area contributed by atoms with E-state index >= 15 is 0 Å². The molecule has 1 aromatic rings. The van der Waals surface area contributed by atoms with Crippen LogP contribution in [0.3, 0.4) is 0 Å². The molecule has 0 spiro atoms. The Labute approximate surface area is 125 Å². The largest absolute Gasteiger partial charge is 0.493 e. The molecular formula is C15H24N2O4. The first kappa shape index (κ1) is 17.1. The molecule has 0 atom stereocenters. The highest BCUT2D eigenvalue weighted by molar-refractivity contribution is 5.75. The van der Waals surface area contributed by atoms with Gasteiger partial charge in [-0.2, -0.15) is 0 Å². The summed E-state index contributed by atoms with van der Waals surface area (Å²) >= 11 is 0. The molecular weight excluding hydrogens is 272 g/mol. The standard InChI is InChI=1S/C15H24N2O4/c1-5-17-10-11-8-12(19-3)15(13(9-11)20-4)21-7-6-14(18)16-2/h8-9,17H,5-7,10H2,1-4H3,(H,16,18). The van der Waals surface area contributed by atoms with E-state index in [0.29, 0.717) is 17.2 Å². The van der Waals surface area contributed by atoms with Gasteiger partial charge in [-0.15, -0.1) is 0 Å². The molecule has 6 nitrogen and oxygen atoms in total. The molecule has 1 aromatic carbocycles. The summed E-state index contributed by atoms with van der Waals surface area (Å²) in [6.07, 6.45) is 0.280. The molecule has 0 aliphatic rings. The van der Waals surface area contributed by atoms with Crippen LogP contribution in [0.15, 0.2) is 12.1 Å². The number of methoxy groups -OCH3 is 2. The SMILES string of the molecule is CCNCc1cc(OC)c(OCCC(=O)NC)c(OC)c1. The van der Waals surface area contributed by atoms with E-state index in [0.717, 1.165) is 18.7 Å². The van der Waals surface area contributed by atoms with E-state index in [1.54, 1.807) is 21.3 Å². The predicted octanol–water partition coefficient (Wildman–Crippen LogP) is 1.33. The van der Waals surface area contributed by atoms with Gasteiger partial charge in [0, 0.05) is 13.6 Å². The summed E-state index contributed by atoms with van der Waals surface area (Å²) in [6.45, 7) is 3.92. The quantitative estimate of drug-likeness (QED) is 0.719. The summed E-state index contributed by atoms with van der Waals surface area (Å²) in [5, 5.41) is 5.80. The van der Waals surface area contributed by atoms with Gasteiger partial charge in [-0.3, -0.25) is 4.79 Å². The Morgan fingerprint density at radius 2 is 1.81 bits per heavy atom. The Kier molecular flexibility index (Phi) is 7.39. The zero-order valence-electron chi connectivity index (χ0n) is 13.1. The van der Waals surface area contributed by atoms with Crippen molar-refractivity contribution in [2.24, 2.45) is 0 Å². The van der Waals surface area contributed by atoms with Gasteiger partial charge in [0.1, 0.15) is 0 Å². The first-order valence-corrected chi connectivity index (χ1v) is 6.95. The second-order valence-corrected chi connectivity index (χ2v) is 4.38. The minimum absolute atomic E-state index is 0.0725. The Bertz CT molecular complexity index is 438. The highest BCUT2D eigenvalue weighted by atomic mass is 16.5. The fraction of sp³-hybridized carbons (Fsp3) is 0.533. The summed E-state index contributed by atoms with van der Waals surface area (Å²) < 4.78 is 16.4. The molecule has 1 amide bonds. The summed E-state index contributed by atoms with van der Waals surface area (Å²) in [7, 11) is 4.76. The van der Waals surface area contributed by atoms with Gasteiger partial charge in [-0.05, 0) is 24.2 Å². The van der Waals surface area contributed by atoms with Gasteiger partial charge in [0.05, 0.1) is 27.2 Å². The molecule has 0 bridgehead atoms. The first-order chi connectivity index (χ1) is 10.2. The summed E-state index contributed by atoms with van der Waals surface area (Å²) in [5.41, 5.74) is 1.05. The van der Waals surface area contributed by atoms with Gasteiger partial charge in [-0.1, -0.05) is 6.92 Å². The molecule has 0 saturated heterocycles. The Balaban J connectivity index is 2.87. The second-order valence-electron chi connectivity index (χ2n) is 4.38. The van der Waals surface area contributed by atoms with Gasteiger partial charge in [-0.25, -0.2) is 0 Å². The van der Waals surface area contributed by atoms with Crippen molar-refractivity contribution in [3.8, 4) is 17.2 Å². The normalized spacial score (nSPS) is 10.1. The lowest BCUT2D eigenvalue weighted by Gasteiger charge is -2.16. The number of benzene rings is 1. The highest BCUT2D eigenvalue weighted by Crippen LogP contribution is 2.38. The maximum atomic E-state index is 11.2. The number of amides is 1. The van der Waals surface area contributed by atoms with E-state index in [9.17, 15) is 4.79 Å². The zero-order chi connectivity index (χ0) is 15.7. The van der Waals surface area contributed by atoms with Crippen LogP contribution in [0.5, 0.6) is 17.2 Å². The van der Waals surface area contributed by atoms with Crippen molar-refractivity contribution in [2.45, 2.75) is 19.9 Å². The van der Waals surface area contributed by atoms with Gasteiger partial charge >= 0.3 is 0 Å². The molecule has 118 valence electrons. The number of hydrogen-bond acceptors (Lipinski definition) is 5. The summed E-state index contributed by atoms with van der Waals surface area (Å²) in [6, 6.07) is 3.81. The van der Waals surface area contributed by atoms with Crippen molar-refractivity contribution in [3.05, 3.63) is 17.7 Å². The molecule has 0 aromatic heterocycles. The molecule has 2 N–H and O–H groups in total. The van der Waals surface area contributed by atoms with Crippen molar-refractivity contribution in [1.82, 2.24) is 10.6 Å². The van der Waals surface area contributed by atoms with Gasteiger partial charge < -0.3 is 24.8 Å². The van der Waals surface area contributed by atoms with E-state index in [1.807, 2.05) is 19.1 Å². The Morgan fingerprint density at radius 1 is 1.19 bits per heavy atom. The minimum atomic E-state index is -0.0725. The van der Waals surface area contributed by atoms with Crippen LogP contribution < -0.4 is 24.8 Å². The van der Waals surface area contributed by atoms with E-state index in [1.165, 1.54) is 0 Å². The van der Waals surface area contributed by atoms with E-state index in [-0.39, 0.29) is 18.9 Å². The maximum absolute atomic E-state index is 11.2. The number of hydrogen-bond donors (Lipinski definition) is 2. The average Bonchev–Trinajstić information content (AvgIpc) is 2.52. The molecule has 0 fully saturated rings. The minimum Gasteiger partial charge on any atom is -0.493 e. The lowest BCUT2D eigenvalue weighted by atomic mass is 10.1. The lowest BCUT2D eigenvalue weighted by molar-refractivity contribution is -0.121. The zero-order valence-corrected chi connectivity index (χ0v) is 13.1. The van der Waals surface area contributed by atoms with Crippen molar-refractivity contribution < 1.29 is 19.0 Å². The molecule has 0 aliphatic heterocycles. The van der Waals surface area contributed by atoms with Crippen LogP contribution in [0.4, 0.5) is 0 Å². The predicted molar refractivity (Wildman–Crippen MR) is 81.1 cm³/mol. The van der Waals surface area contributed by atoms with Gasteiger partial charge in [0.2, 0.25) is 11.7 Å². The number of carbonyl (C=O) groups is 1. The Morgan fingerprint density at radius 3 is 2.29 bits per heavy atom. The fourth-order valence-electron chi connectivity index (χ4n) is 1.82. The van der Waals surface area contributed by atoms with E-state index < -0.39 is 0 Å². The Hall–Kier alpha value is -1.95. The molecule has 0 saturated carbocycles. The molecule has 0 unspecified atom stereocenters. The monoisotopic (exact) mass is 296 g/mol. The molecule has 0 radical (unpaired) electrons. The van der Waals surface area contributed by atoms with Crippen molar-refractivity contribution in [3.63, 3.8) is 0 Å². The average molecular weight is 296 g/mol. The van der Waals surface area contributed by atoms with Crippen molar-refractivity contribution in [2.75, 3.05) is 34.4 Å². The molecule has 0 aliphatic carbocycles. The van der Waals surface area contributed by atoms with Crippen LogP contribution in [-0.2, 0) is 11.3 Å². The van der Waals surface area contributed by atoms with Crippen LogP contribution in [0.25, 0.3) is 0 Å². The lowest BCUT2D eigenvalue weighted by Crippen LogP contribution is -2.20. The molecule has 1 rings (SSSR count). The maximum Gasteiger partial charge on any atom is 0.223 e. The number of rotatable bonds is 9. The summed E-state index contributed by atoms with van der Waals surface area (Å²) in [5.74, 6) is 1.64. The van der Waals surface area contributed by atoms with Gasteiger partial charge in [0.15, 0.2) is 11.5 Å². The van der Waals surface area contributed by atoms with Crippen LogP contribution >= 0.6 is 0 Å². The smallest absolute Gasteiger partial charge is 0.223 e. The van der Waals surface area contributed by atoms with Crippen LogP contribution in [-0.4, -0.2) is 40.3 Å². The topological polar surface area (TPSA) is 68.8 Å². The third kappa shape index (κ3) is 5.15. The molecule has 6 heteroatoms. The van der Waals surface area contributed by atoms with E-state index in [2.05, 4.69) is 10.6 Å². The van der Waals surface area contributed by atoms with Crippen molar-refractivity contribution >= 4 is 5.91 Å². The van der Waals surface area contributed by atoms with E-state index in [4.69, 9.17) is 14.2 Å². The molecule has 21 heavy (non-hydrogen) atoms. The number of carbonyl (C=O) groups excluding carboxylic acids is 1. The molecule has 0 heterocycles. The summed E-state index contributed by atoms with van der Waals surface area (Å²) in [4.78, 5) is 11.2. The second kappa shape index (κ2) is 9.07.